The maximum atomic E-state index is 9.14. The maximum Gasteiger partial charge on any atom is 0.200 e. The van der Waals surface area contributed by atoms with E-state index in [9.17, 15) is 0 Å². The van der Waals surface area contributed by atoms with E-state index in [-0.39, 0.29) is 6.61 Å². The van der Waals surface area contributed by atoms with Crippen LogP contribution in [0.25, 0.3) is 0 Å². The minimum absolute atomic E-state index is 0.101. The summed E-state index contributed by atoms with van der Waals surface area (Å²) in [6, 6.07) is 0. The SMILES string of the molecule is C=C(C)C/C(=C/CO)CCO[Si](C(C)C)(C(C)C)C(C)C. The molecule has 0 aromatic heterocycles. The Hall–Kier alpha value is -0.383. The Labute approximate surface area is 133 Å². The van der Waals surface area contributed by atoms with Crippen molar-refractivity contribution in [3.05, 3.63) is 23.8 Å². The lowest BCUT2D eigenvalue weighted by atomic mass is 10.1. The van der Waals surface area contributed by atoms with Gasteiger partial charge in [-0.05, 0) is 36.4 Å². The molecule has 0 bridgehead atoms. The third-order valence-corrected chi connectivity index (χ3v) is 10.5. The van der Waals surface area contributed by atoms with Gasteiger partial charge in [-0.1, -0.05) is 65.3 Å². The number of hydrogen-bond acceptors (Lipinski definition) is 2. The summed E-state index contributed by atoms with van der Waals surface area (Å²) in [4.78, 5) is 0. The van der Waals surface area contributed by atoms with Crippen molar-refractivity contribution in [3.8, 4) is 0 Å². The Morgan fingerprint density at radius 1 is 1.10 bits per heavy atom. The number of hydrogen-bond donors (Lipinski definition) is 1. The van der Waals surface area contributed by atoms with Gasteiger partial charge in [0.15, 0.2) is 8.32 Å². The first-order valence-corrected chi connectivity index (χ1v) is 10.4. The Kier molecular flexibility index (Phi) is 9.42. The molecule has 3 heteroatoms. The standard InChI is InChI=1S/C18H36O2Si/c1-14(2)13-18(9-11-19)10-12-20-21(15(3)4,16(5)6)17(7)8/h9,15-17,19H,1,10-13H2,2-8H3/b18-9+. The summed E-state index contributed by atoms with van der Waals surface area (Å²) in [5, 5.41) is 9.14. The molecule has 1 N–H and O–H groups in total. The zero-order chi connectivity index (χ0) is 16.6. The Morgan fingerprint density at radius 2 is 1.57 bits per heavy atom. The van der Waals surface area contributed by atoms with Gasteiger partial charge in [0.25, 0.3) is 0 Å². The fourth-order valence-corrected chi connectivity index (χ4v) is 9.09. The van der Waals surface area contributed by atoms with Crippen molar-refractivity contribution in [1.29, 1.82) is 0 Å². The Bertz CT molecular complexity index is 321. The predicted molar refractivity (Wildman–Crippen MR) is 96.2 cm³/mol. The average Bonchev–Trinajstić information content (AvgIpc) is 2.32. The first-order valence-electron chi connectivity index (χ1n) is 8.25. The summed E-state index contributed by atoms with van der Waals surface area (Å²) >= 11 is 0. The van der Waals surface area contributed by atoms with Crippen molar-refractivity contribution in [1.82, 2.24) is 0 Å². The molecule has 0 atom stereocenters. The molecule has 0 fully saturated rings. The van der Waals surface area contributed by atoms with Crippen LogP contribution < -0.4 is 0 Å². The fourth-order valence-electron chi connectivity index (χ4n) is 3.64. The van der Waals surface area contributed by atoms with Crippen LogP contribution in [0.2, 0.25) is 16.6 Å². The van der Waals surface area contributed by atoms with Crippen LogP contribution in [-0.4, -0.2) is 26.6 Å². The molecule has 0 unspecified atom stereocenters. The van der Waals surface area contributed by atoms with Gasteiger partial charge in [0.1, 0.15) is 0 Å². The molecule has 0 aromatic carbocycles. The topological polar surface area (TPSA) is 29.5 Å². The summed E-state index contributed by atoms with van der Waals surface area (Å²) in [5.41, 5.74) is 4.22. The highest BCUT2D eigenvalue weighted by Gasteiger charge is 2.44. The molecule has 0 saturated carbocycles. The van der Waals surface area contributed by atoms with Crippen LogP contribution in [0, 0.1) is 0 Å². The normalized spacial score (nSPS) is 13.6. The molecule has 0 aliphatic carbocycles. The first kappa shape index (κ1) is 20.6. The molecular formula is C18H36O2Si. The fraction of sp³-hybridized carbons (Fsp3) is 0.778. The molecule has 21 heavy (non-hydrogen) atoms. The van der Waals surface area contributed by atoms with Gasteiger partial charge >= 0.3 is 0 Å². The first-order chi connectivity index (χ1) is 9.68. The highest BCUT2D eigenvalue weighted by molar-refractivity contribution is 6.77. The zero-order valence-corrected chi connectivity index (χ0v) is 16.2. The molecule has 0 heterocycles. The van der Waals surface area contributed by atoms with Crippen LogP contribution >= 0.6 is 0 Å². The molecule has 0 aliphatic heterocycles. The zero-order valence-electron chi connectivity index (χ0n) is 15.2. The molecular weight excluding hydrogens is 276 g/mol. The second kappa shape index (κ2) is 9.60. The lowest BCUT2D eigenvalue weighted by Gasteiger charge is -2.42. The van der Waals surface area contributed by atoms with E-state index in [0.717, 1.165) is 25.0 Å². The van der Waals surface area contributed by atoms with Crippen molar-refractivity contribution in [2.45, 2.75) is 77.9 Å². The van der Waals surface area contributed by atoms with E-state index in [0.29, 0.717) is 16.6 Å². The van der Waals surface area contributed by atoms with Crippen molar-refractivity contribution >= 4 is 8.32 Å². The number of aliphatic hydroxyl groups is 1. The molecule has 0 saturated heterocycles. The monoisotopic (exact) mass is 312 g/mol. The summed E-state index contributed by atoms with van der Waals surface area (Å²) in [6.07, 6.45) is 3.67. The van der Waals surface area contributed by atoms with E-state index in [1.54, 1.807) is 0 Å². The molecule has 0 amide bonds. The lowest BCUT2D eigenvalue weighted by molar-refractivity contribution is 0.279. The van der Waals surface area contributed by atoms with Crippen LogP contribution in [0.4, 0.5) is 0 Å². The summed E-state index contributed by atoms with van der Waals surface area (Å²) in [7, 11) is -1.77. The van der Waals surface area contributed by atoms with E-state index >= 15 is 0 Å². The average molecular weight is 313 g/mol. The minimum Gasteiger partial charge on any atom is -0.416 e. The predicted octanol–water partition coefficient (Wildman–Crippen LogP) is 5.45. The van der Waals surface area contributed by atoms with Gasteiger partial charge < -0.3 is 9.53 Å². The van der Waals surface area contributed by atoms with Gasteiger partial charge in [0, 0.05) is 6.61 Å². The summed E-state index contributed by atoms with van der Waals surface area (Å²) in [5.74, 6) is 0. The van der Waals surface area contributed by atoms with E-state index in [4.69, 9.17) is 9.53 Å². The van der Waals surface area contributed by atoms with E-state index in [1.165, 1.54) is 5.57 Å². The van der Waals surface area contributed by atoms with Crippen molar-refractivity contribution < 1.29 is 9.53 Å². The summed E-state index contributed by atoms with van der Waals surface area (Å²) < 4.78 is 6.56. The summed E-state index contributed by atoms with van der Waals surface area (Å²) in [6.45, 7) is 20.7. The molecule has 124 valence electrons. The largest absolute Gasteiger partial charge is 0.416 e. The van der Waals surface area contributed by atoms with Crippen molar-refractivity contribution in [2.75, 3.05) is 13.2 Å². The van der Waals surface area contributed by atoms with Crippen LogP contribution in [0.3, 0.4) is 0 Å². The van der Waals surface area contributed by atoms with Crippen molar-refractivity contribution in [3.63, 3.8) is 0 Å². The molecule has 2 nitrogen and oxygen atoms in total. The molecule has 0 rings (SSSR count). The maximum absolute atomic E-state index is 9.14. The van der Waals surface area contributed by atoms with Gasteiger partial charge in [-0.25, -0.2) is 0 Å². The van der Waals surface area contributed by atoms with Gasteiger partial charge in [-0.3, -0.25) is 0 Å². The van der Waals surface area contributed by atoms with Gasteiger partial charge in [-0.2, -0.15) is 0 Å². The number of allylic oxidation sites excluding steroid dienone is 1. The third-order valence-electron chi connectivity index (χ3n) is 4.39. The third kappa shape index (κ3) is 6.09. The van der Waals surface area contributed by atoms with E-state index < -0.39 is 8.32 Å². The Morgan fingerprint density at radius 3 is 1.90 bits per heavy atom. The molecule has 0 aromatic rings. The smallest absolute Gasteiger partial charge is 0.200 e. The number of rotatable bonds is 10. The molecule has 0 radical (unpaired) electrons. The second-order valence-corrected chi connectivity index (χ2v) is 12.6. The highest BCUT2D eigenvalue weighted by atomic mass is 28.4. The minimum atomic E-state index is -1.77. The molecule has 0 spiro atoms. The quantitative estimate of drug-likeness (QED) is 0.429. The van der Waals surface area contributed by atoms with Gasteiger partial charge in [0.2, 0.25) is 0 Å². The highest BCUT2D eigenvalue weighted by Crippen LogP contribution is 2.42. The van der Waals surface area contributed by atoms with Crippen LogP contribution in [0.5, 0.6) is 0 Å². The van der Waals surface area contributed by atoms with Crippen LogP contribution in [-0.2, 0) is 4.43 Å². The van der Waals surface area contributed by atoms with E-state index in [2.05, 4.69) is 48.1 Å². The van der Waals surface area contributed by atoms with Crippen LogP contribution in [0.1, 0.15) is 61.3 Å². The molecule has 0 aliphatic rings. The van der Waals surface area contributed by atoms with Gasteiger partial charge in [0.05, 0.1) is 6.61 Å². The van der Waals surface area contributed by atoms with Crippen LogP contribution in [0.15, 0.2) is 23.8 Å². The number of aliphatic hydroxyl groups excluding tert-OH is 1. The van der Waals surface area contributed by atoms with E-state index in [1.807, 2.05) is 13.0 Å². The van der Waals surface area contributed by atoms with Gasteiger partial charge in [-0.15, -0.1) is 0 Å². The Balaban J connectivity index is 4.84. The lowest BCUT2D eigenvalue weighted by Crippen LogP contribution is -2.48. The second-order valence-electron chi connectivity index (χ2n) is 7.09. The van der Waals surface area contributed by atoms with Crippen molar-refractivity contribution in [2.24, 2.45) is 0 Å².